The average Bonchev–Trinajstić information content (AvgIpc) is 2.48. The summed E-state index contributed by atoms with van der Waals surface area (Å²) in [6.45, 7) is 0. The van der Waals surface area contributed by atoms with E-state index >= 15 is 0 Å². The number of nitriles is 1. The molecule has 2 aromatic rings. The van der Waals surface area contributed by atoms with Gasteiger partial charge in [-0.15, -0.1) is 0 Å². The lowest BCUT2D eigenvalue weighted by Gasteiger charge is -2.02. The summed E-state index contributed by atoms with van der Waals surface area (Å²) in [7, 11) is 0. The fraction of sp³-hybridized carbons (Fsp3) is 0.0625. The van der Waals surface area contributed by atoms with Gasteiger partial charge < -0.3 is 5.32 Å². The first-order valence-electron chi connectivity index (χ1n) is 6.24. The second kappa shape index (κ2) is 7.36. The molecule has 0 aliphatic carbocycles. The Bertz CT molecular complexity index is 685. The Labute approximate surface area is 131 Å². The van der Waals surface area contributed by atoms with Gasteiger partial charge in [0.05, 0.1) is 11.8 Å². The Morgan fingerprint density at radius 3 is 2.48 bits per heavy atom. The molecular formula is C16H12BrN3O. The number of halogens is 1. The highest BCUT2D eigenvalue weighted by molar-refractivity contribution is 9.10. The Morgan fingerprint density at radius 2 is 1.86 bits per heavy atom. The van der Waals surface area contributed by atoms with E-state index in [0.717, 1.165) is 15.7 Å². The van der Waals surface area contributed by atoms with Crippen LogP contribution in [0.5, 0.6) is 0 Å². The van der Waals surface area contributed by atoms with E-state index < -0.39 is 0 Å². The quantitative estimate of drug-likeness (QED) is 0.852. The number of aliphatic imine (C=N–C) groups is 1. The third kappa shape index (κ3) is 4.86. The molecule has 0 bridgehead atoms. The summed E-state index contributed by atoms with van der Waals surface area (Å²) in [6.07, 6.45) is 1.62. The maximum absolute atomic E-state index is 11.3. The van der Waals surface area contributed by atoms with Crippen LogP contribution in [0.1, 0.15) is 12.0 Å². The molecule has 1 amide bonds. The SMILES string of the molecule is N#CCC(=O)Nc1ccc(N=Cc2ccc(Br)cc2)cc1. The molecule has 2 aromatic carbocycles. The maximum Gasteiger partial charge on any atom is 0.238 e. The van der Waals surface area contributed by atoms with Crippen LogP contribution < -0.4 is 5.32 Å². The highest BCUT2D eigenvalue weighted by Crippen LogP contribution is 2.17. The predicted octanol–water partition coefficient (Wildman–Crippen LogP) is 4.05. The van der Waals surface area contributed by atoms with Gasteiger partial charge in [0.15, 0.2) is 0 Å². The number of amides is 1. The second-order valence-electron chi connectivity index (χ2n) is 4.24. The van der Waals surface area contributed by atoms with Crippen molar-refractivity contribution in [1.82, 2.24) is 0 Å². The smallest absolute Gasteiger partial charge is 0.238 e. The molecule has 0 spiro atoms. The van der Waals surface area contributed by atoms with Crippen LogP contribution in [-0.4, -0.2) is 12.1 Å². The van der Waals surface area contributed by atoms with Crippen molar-refractivity contribution in [3.8, 4) is 6.07 Å². The lowest BCUT2D eigenvalue weighted by atomic mass is 10.2. The van der Waals surface area contributed by atoms with Crippen LogP contribution in [0.4, 0.5) is 11.4 Å². The van der Waals surface area contributed by atoms with E-state index in [1.165, 1.54) is 0 Å². The summed E-state index contributed by atoms with van der Waals surface area (Å²) in [5.74, 6) is -0.316. The molecule has 0 saturated carbocycles. The maximum atomic E-state index is 11.3. The first kappa shape index (κ1) is 14.9. The van der Waals surface area contributed by atoms with E-state index in [9.17, 15) is 4.79 Å². The molecule has 0 aromatic heterocycles. The normalized spacial score (nSPS) is 10.3. The number of benzene rings is 2. The number of rotatable bonds is 4. The number of hydrogen-bond acceptors (Lipinski definition) is 3. The highest BCUT2D eigenvalue weighted by atomic mass is 79.9. The molecule has 0 heterocycles. The number of hydrogen-bond donors (Lipinski definition) is 1. The van der Waals surface area contributed by atoms with Crippen molar-refractivity contribution in [3.63, 3.8) is 0 Å². The molecule has 0 unspecified atom stereocenters. The first-order chi connectivity index (χ1) is 10.2. The monoisotopic (exact) mass is 341 g/mol. The molecule has 1 N–H and O–H groups in total. The van der Waals surface area contributed by atoms with E-state index in [-0.39, 0.29) is 12.3 Å². The molecule has 2 rings (SSSR count). The molecule has 104 valence electrons. The molecule has 0 atom stereocenters. The minimum atomic E-state index is -0.316. The first-order valence-corrected chi connectivity index (χ1v) is 7.03. The van der Waals surface area contributed by atoms with Gasteiger partial charge in [0.25, 0.3) is 0 Å². The van der Waals surface area contributed by atoms with Gasteiger partial charge in [0.1, 0.15) is 6.42 Å². The molecule has 5 heteroatoms. The van der Waals surface area contributed by atoms with Crippen LogP contribution in [0, 0.1) is 11.3 Å². The van der Waals surface area contributed by atoms with Gasteiger partial charge >= 0.3 is 0 Å². The minimum Gasteiger partial charge on any atom is -0.325 e. The van der Waals surface area contributed by atoms with Gasteiger partial charge in [-0.3, -0.25) is 9.79 Å². The standard InChI is InChI=1S/C16H12BrN3O/c17-13-3-1-12(2-4-13)11-19-14-5-7-15(8-6-14)20-16(21)9-10-18/h1-8,11H,9H2,(H,20,21). The molecule has 0 aliphatic rings. The van der Waals surface area contributed by atoms with Crippen LogP contribution in [0.15, 0.2) is 58.0 Å². The fourth-order valence-corrected chi connectivity index (χ4v) is 1.87. The molecular weight excluding hydrogens is 330 g/mol. The van der Waals surface area contributed by atoms with Gasteiger partial charge in [-0.1, -0.05) is 28.1 Å². The van der Waals surface area contributed by atoms with Crippen molar-refractivity contribution < 1.29 is 4.79 Å². The lowest BCUT2D eigenvalue weighted by Crippen LogP contribution is -2.09. The number of nitrogens with zero attached hydrogens (tertiary/aromatic N) is 2. The summed E-state index contributed by atoms with van der Waals surface area (Å²) in [6, 6.07) is 16.7. The number of anilines is 1. The zero-order valence-corrected chi connectivity index (χ0v) is 12.7. The van der Waals surface area contributed by atoms with E-state index in [1.54, 1.807) is 36.5 Å². The fourth-order valence-electron chi connectivity index (χ4n) is 1.61. The number of carbonyl (C=O) groups excluding carboxylic acids is 1. The van der Waals surface area contributed by atoms with Crippen molar-refractivity contribution in [3.05, 3.63) is 58.6 Å². The molecule has 0 fully saturated rings. The van der Waals surface area contributed by atoms with Gasteiger partial charge in [-0.25, -0.2) is 0 Å². The summed E-state index contributed by atoms with van der Waals surface area (Å²) >= 11 is 3.38. The van der Waals surface area contributed by atoms with Crippen LogP contribution >= 0.6 is 15.9 Å². The van der Waals surface area contributed by atoms with Crippen LogP contribution in [-0.2, 0) is 4.79 Å². The largest absolute Gasteiger partial charge is 0.325 e. The Hall–Kier alpha value is -2.45. The van der Waals surface area contributed by atoms with Crippen molar-refractivity contribution in [1.29, 1.82) is 5.26 Å². The summed E-state index contributed by atoms with van der Waals surface area (Å²) in [5.41, 5.74) is 2.44. The van der Waals surface area contributed by atoms with E-state index in [4.69, 9.17) is 5.26 Å². The molecule has 0 radical (unpaired) electrons. The van der Waals surface area contributed by atoms with Gasteiger partial charge in [0, 0.05) is 16.4 Å². The van der Waals surface area contributed by atoms with Gasteiger partial charge in [-0.05, 0) is 42.0 Å². The Kier molecular flexibility index (Phi) is 5.24. The number of nitrogens with one attached hydrogen (secondary N) is 1. The highest BCUT2D eigenvalue weighted by Gasteiger charge is 2.00. The lowest BCUT2D eigenvalue weighted by molar-refractivity contribution is -0.115. The topological polar surface area (TPSA) is 65.2 Å². The minimum absolute atomic E-state index is 0.149. The molecule has 21 heavy (non-hydrogen) atoms. The van der Waals surface area contributed by atoms with Crippen LogP contribution in [0.3, 0.4) is 0 Å². The molecule has 0 saturated heterocycles. The third-order valence-corrected chi connectivity index (χ3v) is 3.15. The third-order valence-electron chi connectivity index (χ3n) is 2.62. The zero-order valence-electron chi connectivity index (χ0n) is 11.1. The van der Waals surface area contributed by atoms with Gasteiger partial charge in [-0.2, -0.15) is 5.26 Å². The summed E-state index contributed by atoms with van der Waals surface area (Å²) in [4.78, 5) is 15.6. The van der Waals surface area contributed by atoms with Crippen molar-refractivity contribution in [2.75, 3.05) is 5.32 Å². The van der Waals surface area contributed by atoms with E-state index in [2.05, 4.69) is 26.2 Å². The van der Waals surface area contributed by atoms with Gasteiger partial charge in [0.2, 0.25) is 5.91 Å². The zero-order chi connectivity index (χ0) is 15.1. The van der Waals surface area contributed by atoms with E-state index in [1.807, 2.05) is 24.3 Å². The Balaban J connectivity index is 2.00. The molecule has 4 nitrogen and oxygen atoms in total. The summed E-state index contributed by atoms with van der Waals surface area (Å²) < 4.78 is 1.03. The number of carbonyl (C=O) groups is 1. The van der Waals surface area contributed by atoms with Crippen molar-refractivity contribution >= 4 is 39.4 Å². The molecule has 0 aliphatic heterocycles. The summed E-state index contributed by atoms with van der Waals surface area (Å²) in [5, 5.41) is 11.1. The van der Waals surface area contributed by atoms with Crippen molar-refractivity contribution in [2.24, 2.45) is 4.99 Å². The second-order valence-corrected chi connectivity index (χ2v) is 5.16. The Morgan fingerprint density at radius 1 is 1.19 bits per heavy atom. The van der Waals surface area contributed by atoms with Crippen LogP contribution in [0.25, 0.3) is 0 Å². The van der Waals surface area contributed by atoms with Crippen LogP contribution in [0.2, 0.25) is 0 Å². The van der Waals surface area contributed by atoms with E-state index in [0.29, 0.717) is 5.69 Å². The average molecular weight is 342 g/mol. The van der Waals surface area contributed by atoms with Crippen molar-refractivity contribution in [2.45, 2.75) is 6.42 Å². The predicted molar refractivity (Wildman–Crippen MR) is 86.7 cm³/mol.